The highest BCUT2D eigenvalue weighted by atomic mass is 35.5. The molecule has 0 aliphatic heterocycles. The normalized spacial score (nSPS) is 12.4. The molecule has 1 aromatic heterocycles. The second-order valence-corrected chi connectivity index (χ2v) is 6.47. The molecule has 1 heterocycles. The van der Waals surface area contributed by atoms with Gasteiger partial charge in [0, 0.05) is 16.1 Å². The first-order valence-corrected chi connectivity index (χ1v) is 7.83. The number of aromatic nitrogens is 1. The van der Waals surface area contributed by atoms with E-state index in [1.165, 1.54) is 0 Å². The molecule has 0 radical (unpaired) electrons. The minimum atomic E-state index is -0.721. The molecule has 2 amide bonds. The summed E-state index contributed by atoms with van der Waals surface area (Å²) in [5.41, 5.74) is 7.07. The van der Waals surface area contributed by atoms with Crippen LogP contribution in [0.25, 0.3) is 10.9 Å². The summed E-state index contributed by atoms with van der Waals surface area (Å²) in [4.78, 5) is 28.6. The Labute approximate surface area is 140 Å². The summed E-state index contributed by atoms with van der Waals surface area (Å²) in [6.45, 7) is 5.77. The molecule has 2 rings (SSSR count). The van der Waals surface area contributed by atoms with E-state index in [1.807, 2.05) is 32.9 Å². The molecular weight excluding hydrogens is 314 g/mol. The van der Waals surface area contributed by atoms with Gasteiger partial charge in [0.05, 0.1) is 11.1 Å². The van der Waals surface area contributed by atoms with Crippen LogP contribution in [0.2, 0.25) is 5.02 Å². The smallest absolute Gasteiger partial charge is 0.254 e. The van der Waals surface area contributed by atoms with Gasteiger partial charge in [-0.1, -0.05) is 31.5 Å². The monoisotopic (exact) mass is 333 g/mol. The van der Waals surface area contributed by atoms with Crippen molar-refractivity contribution in [3.8, 4) is 0 Å². The van der Waals surface area contributed by atoms with Crippen molar-refractivity contribution in [1.29, 1.82) is 0 Å². The zero-order chi connectivity index (χ0) is 17.1. The lowest BCUT2D eigenvalue weighted by molar-refractivity contribution is -0.120. The molecule has 0 spiro atoms. The van der Waals surface area contributed by atoms with Crippen LogP contribution in [0.4, 0.5) is 0 Å². The number of primary amides is 1. The Morgan fingerprint density at radius 1 is 1.30 bits per heavy atom. The summed E-state index contributed by atoms with van der Waals surface area (Å²) in [6.07, 6.45) is 0.478. The third kappa shape index (κ3) is 4.20. The van der Waals surface area contributed by atoms with Crippen LogP contribution >= 0.6 is 11.6 Å². The number of nitrogens with zero attached hydrogens (tertiary/aromatic N) is 1. The summed E-state index contributed by atoms with van der Waals surface area (Å²) >= 11 is 6.09. The van der Waals surface area contributed by atoms with Crippen LogP contribution in [-0.4, -0.2) is 22.8 Å². The number of rotatable bonds is 5. The quantitative estimate of drug-likeness (QED) is 0.882. The molecule has 0 aliphatic carbocycles. The van der Waals surface area contributed by atoms with Crippen molar-refractivity contribution in [2.24, 2.45) is 11.7 Å². The van der Waals surface area contributed by atoms with Crippen LogP contribution in [0.5, 0.6) is 0 Å². The summed E-state index contributed by atoms with van der Waals surface area (Å²) in [5.74, 6) is -0.730. The van der Waals surface area contributed by atoms with Crippen LogP contribution in [0, 0.1) is 12.8 Å². The van der Waals surface area contributed by atoms with Gasteiger partial charge >= 0.3 is 0 Å². The van der Waals surface area contributed by atoms with Gasteiger partial charge < -0.3 is 11.1 Å². The van der Waals surface area contributed by atoms with Crippen molar-refractivity contribution in [1.82, 2.24) is 10.3 Å². The summed E-state index contributed by atoms with van der Waals surface area (Å²) < 4.78 is 0. The Hall–Kier alpha value is -2.14. The van der Waals surface area contributed by atoms with E-state index in [0.717, 1.165) is 11.1 Å². The van der Waals surface area contributed by atoms with E-state index in [-0.39, 0.29) is 5.92 Å². The predicted molar refractivity (Wildman–Crippen MR) is 91.4 cm³/mol. The third-order valence-corrected chi connectivity index (χ3v) is 3.72. The molecule has 1 aromatic carbocycles. The number of hydrogen-bond acceptors (Lipinski definition) is 3. The number of aryl methyl sites for hydroxylation is 1. The lowest BCUT2D eigenvalue weighted by atomic mass is 10.0. The fourth-order valence-corrected chi connectivity index (χ4v) is 2.65. The SMILES string of the molecule is Cc1ccc2cc(Cl)cc(C(=O)N[C@@H](CC(C)C)C(N)=O)c2n1. The average Bonchev–Trinajstić information content (AvgIpc) is 2.45. The first-order chi connectivity index (χ1) is 10.8. The molecule has 0 fully saturated rings. The molecule has 5 nitrogen and oxygen atoms in total. The molecule has 23 heavy (non-hydrogen) atoms. The lowest BCUT2D eigenvalue weighted by Gasteiger charge is -2.18. The second-order valence-electron chi connectivity index (χ2n) is 6.04. The molecule has 0 unspecified atom stereocenters. The average molecular weight is 334 g/mol. The third-order valence-electron chi connectivity index (χ3n) is 3.50. The fraction of sp³-hybridized carbons (Fsp3) is 0.353. The number of benzene rings is 1. The Morgan fingerprint density at radius 3 is 2.61 bits per heavy atom. The van der Waals surface area contributed by atoms with Crippen LogP contribution < -0.4 is 11.1 Å². The van der Waals surface area contributed by atoms with E-state index in [4.69, 9.17) is 17.3 Å². The predicted octanol–water partition coefficient (Wildman–Crippen LogP) is 2.83. The maximum Gasteiger partial charge on any atom is 0.254 e. The minimum Gasteiger partial charge on any atom is -0.368 e. The molecule has 3 N–H and O–H groups in total. The molecule has 0 saturated heterocycles. The molecule has 0 bridgehead atoms. The highest BCUT2D eigenvalue weighted by Gasteiger charge is 2.22. The van der Waals surface area contributed by atoms with Gasteiger partial charge in [-0.2, -0.15) is 0 Å². The topological polar surface area (TPSA) is 85.1 Å². The summed E-state index contributed by atoms with van der Waals surface area (Å²) in [5, 5.41) is 3.90. The highest BCUT2D eigenvalue weighted by Crippen LogP contribution is 2.23. The Kier molecular flexibility index (Phi) is 5.21. The van der Waals surface area contributed by atoms with Gasteiger partial charge in [0.1, 0.15) is 6.04 Å². The molecule has 0 aliphatic rings. The zero-order valence-corrected chi connectivity index (χ0v) is 14.1. The number of nitrogens with two attached hydrogens (primary N) is 1. The number of nitrogens with one attached hydrogen (secondary N) is 1. The van der Waals surface area contributed by atoms with Crippen LogP contribution in [0.1, 0.15) is 36.3 Å². The number of fused-ring (bicyclic) bond motifs is 1. The number of pyridine rings is 1. The maximum atomic E-state index is 12.6. The summed E-state index contributed by atoms with van der Waals surface area (Å²) in [7, 11) is 0. The highest BCUT2D eigenvalue weighted by molar-refractivity contribution is 6.32. The standard InChI is InChI=1S/C17H20ClN3O2/c1-9(2)6-14(16(19)22)21-17(23)13-8-12(18)7-11-5-4-10(3)20-15(11)13/h4-5,7-9,14H,6H2,1-3H3,(H2,19,22)(H,21,23)/t14-/m0/s1. The number of halogens is 1. The molecule has 122 valence electrons. The van der Waals surface area contributed by atoms with Crippen LogP contribution in [-0.2, 0) is 4.79 Å². The number of hydrogen-bond donors (Lipinski definition) is 2. The van der Waals surface area contributed by atoms with E-state index >= 15 is 0 Å². The van der Waals surface area contributed by atoms with Crippen molar-refractivity contribution < 1.29 is 9.59 Å². The van der Waals surface area contributed by atoms with Crippen molar-refractivity contribution in [3.63, 3.8) is 0 Å². The van der Waals surface area contributed by atoms with E-state index in [0.29, 0.717) is 22.5 Å². The summed E-state index contributed by atoms with van der Waals surface area (Å²) in [6, 6.07) is 6.30. The Balaban J connectivity index is 2.40. The molecule has 6 heteroatoms. The Morgan fingerprint density at radius 2 is 2.00 bits per heavy atom. The van der Waals surface area contributed by atoms with Crippen molar-refractivity contribution >= 4 is 34.3 Å². The first kappa shape index (κ1) is 17.2. The van der Waals surface area contributed by atoms with E-state index in [2.05, 4.69) is 10.3 Å². The molecular formula is C17H20ClN3O2. The Bertz CT molecular complexity index is 759. The van der Waals surface area contributed by atoms with Crippen LogP contribution in [0.15, 0.2) is 24.3 Å². The van der Waals surface area contributed by atoms with E-state index < -0.39 is 17.9 Å². The lowest BCUT2D eigenvalue weighted by Crippen LogP contribution is -2.45. The number of carbonyl (C=O) groups excluding carboxylic acids is 2. The van der Waals surface area contributed by atoms with Crippen molar-refractivity contribution in [2.75, 3.05) is 0 Å². The maximum absolute atomic E-state index is 12.6. The van der Waals surface area contributed by atoms with Gasteiger partial charge in [0.2, 0.25) is 5.91 Å². The van der Waals surface area contributed by atoms with Crippen LogP contribution in [0.3, 0.4) is 0 Å². The van der Waals surface area contributed by atoms with Crippen molar-refractivity contribution in [3.05, 3.63) is 40.5 Å². The molecule has 1 atom stereocenters. The van der Waals surface area contributed by atoms with Crippen molar-refractivity contribution in [2.45, 2.75) is 33.2 Å². The minimum absolute atomic E-state index is 0.226. The van der Waals surface area contributed by atoms with Gasteiger partial charge in [0.15, 0.2) is 0 Å². The van der Waals surface area contributed by atoms with Gasteiger partial charge in [0.25, 0.3) is 5.91 Å². The fourth-order valence-electron chi connectivity index (χ4n) is 2.42. The van der Waals surface area contributed by atoms with Gasteiger partial charge in [-0.25, -0.2) is 0 Å². The number of amides is 2. The zero-order valence-electron chi connectivity index (χ0n) is 13.4. The first-order valence-electron chi connectivity index (χ1n) is 7.45. The molecule has 0 saturated carbocycles. The van der Waals surface area contributed by atoms with Gasteiger partial charge in [-0.15, -0.1) is 0 Å². The largest absolute Gasteiger partial charge is 0.368 e. The van der Waals surface area contributed by atoms with E-state index in [9.17, 15) is 9.59 Å². The number of carbonyl (C=O) groups is 2. The second kappa shape index (κ2) is 6.96. The van der Waals surface area contributed by atoms with E-state index in [1.54, 1.807) is 12.1 Å². The van der Waals surface area contributed by atoms with Gasteiger partial charge in [-0.05, 0) is 37.5 Å². The molecule has 2 aromatic rings. The van der Waals surface area contributed by atoms with Gasteiger partial charge in [-0.3, -0.25) is 14.6 Å².